The summed E-state index contributed by atoms with van der Waals surface area (Å²) < 4.78 is 5.20. The Balaban J connectivity index is 2.48. The van der Waals surface area contributed by atoms with E-state index in [-0.39, 0.29) is 12.3 Å². The van der Waals surface area contributed by atoms with Gasteiger partial charge in [-0.15, -0.1) is 0 Å². The number of carbonyl (C=O) groups excluding carboxylic acids is 2. The standard InChI is InChI=1S/C14H23NO3/c1-14(2,3)18-13(17)15(4)10-12(16)11-8-6-5-7-9-11/h8H,5-7,9-10H2,1-4H3. The van der Waals surface area contributed by atoms with Crippen molar-refractivity contribution in [1.29, 1.82) is 0 Å². The molecule has 0 heterocycles. The van der Waals surface area contributed by atoms with Crippen molar-refractivity contribution in [2.24, 2.45) is 0 Å². The van der Waals surface area contributed by atoms with Crippen molar-refractivity contribution in [1.82, 2.24) is 4.90 Å². The van der Waals surface area contributed by atoms with Crippen LogP contribution in [-0.2, 0) is 9.53 Å². The van der Waals surface area contributed by atoms with Crippen LogP contribution in [0.15, 0.2) is 11.6 Å². The van der Waals surface area contributed by atoms with Gasteiger partial charge in [-0.2, -0.15) is 0 Å². The molecule has 0 aromatic rings. The van der Waals surface area contributed by atoms with Gasteiger partial charge in [-0.1, -0.05) is 6.08 Å². The van der Waals surface area contributed by atoms with Crippen LogP contribution in [0.3, 0.4) is 0 Å². The molecule has 18 heavy (non-hydrogen) atoms. The van der Waals surface area contributed by atoms with Crippen molar-refractivity contribution in [3.8, 4) is 0 Å². The average molecular weight is 253 g/mol. The maximum Gasteiger partial charge on any atom is 0.410 e. The molecule has 0 spiro atoms. The zero-order valence-corrected chi connectivity index (χ0v) is 11.8. The maximum absolute atomic E-state index is 12.0. The van der Waals surface area contributed by atoms with E-state index < -0.39 is 11.7 Å². The minimum atomic E-state index is -0.529. The fourth-order valence-corrected chi connectivity index (χ4v) is 1.81. The first-order chi connectivity index (χ1) is 8.29. The van der Waals surface area contributed by atoms with Crippen LogP contribution in [0.2, 0.25) is 0 Å². The van der Waals surface area contributed by atoms with Gasteiger partial charge in [-0.05, 0) is 52.0 Å². The molecule has 1 amide bonds. The van der Waals surface area contributed by atoms with Crippen molar-refractivity contribution in [3.05, 3.63) is 11.6 Å². The summed E-state index contributed by atoms with van der Waals surface area (Å²) in [4.78, 5) is 25.0. The van der Waals surface area contributed by atoms with Crippen LogP contribution in [0.1, 0.15) is 46.5 Å². The van der Waals surface area contributed by atoms with Crippen LogP contribution >= 0.6 is 0 Å². The zero-order valence-electron chi connectivity index (χ0n) is 11.8. The van der Waals surface area contributed by atoms with E-state index in [2.05, 4.69) is 0 Å². The second-order valence-electron chi connectivity index (χ2n) is 5.73. The number of allylic oxidation sites excluding steroid dienone is 1. The quantitative estimate of drug-likeness (QED) is 0.777. The summed E-state index contributed by atoms with van der Waals surface area (Å²) in [5, 5.41) is 0. The molecule has 0 N–H and O–H groups in total. The number of likely N-dealkylation sites (N-methyl/N-ethyl adjacent to an activating group) is 1. The third-order valence-corrected chi connectivity index (χ3v) is 2.74. The van der Waals surface area contributed by atoms with Gasteiger partial charge in [0.15, 0.2) is 5.78 Å². The lowest BCUT2D eigenvalue weighted by Gasteiger charge is -2.24. The summed E-state index contributed by atoms with van der Waals surface area (Å²) in [5.74, 6) is 0.0306. The molecular formula is C14H23NO3. The first kappa shape index (κ1) is 14.7. The van der Waals surface area contributed by atoms with E-state index in [1.165, 1.54) is 4.90 Å². The number of rotatable bonds is 3. The van der Waals surface area contributed by atoms with Gasteiger partial charge in [-0.25, -0.2) is 4.79 Å². The number of Topliss-reactive ketones (excluding diaryl/α,β-unsaturated/α-hetero) is 1. The molecule has 0 saturated heterocycles. The summed E-state index contributed by atoms with van der Waals surface area (Å²) in [6.45, 7) is 5.53. The van der Waals surface area contributed by atoms with E-state index >= 15 is 0 Å². The molecule has 0 bridgehead atoms. The average Bonchev–Trinajstić information content (AvgIpc) is 2.27. The molecule has 0 unspecified atom stereocenters. The van der Waals surface area contributed by atoms with E-state index in [0.717, 1.165) is 31.3 Å². The van der Waals surface area contributed by atoms with Gasteiger partial charge < -0.3 is 9.64 Å². The molecule has 4 heteroatoms. The minimum absolute atomic E-state index is 0.0306. The highest BCUT2D eigenvalue weighted by molar-refractivity contribution is 5.98. The lowest BCUT2D eigenvalue weighted by molar-refractivity contribution is -0.116. The monoisotopic (exact) mass is 253 g/mol. The van der Waals surface area contributed by atoms with Gasteiger partial charge in [0.1, 0.15) is 5.60 Å². The third kappa shape index (κ3) is 4.90. The van der Waals surface area contributed by atoms with Gasteiger partial charge >= 0.3 is 6.09 Å². The molecule has 0 fully saturated rings. The fourth-order valence-electron chi connectivity index (χ4n) is 1.81. The normalized spacial score (nSPS) is 15.9. The third-order valence-electron chi connectivity index (χ3n) is 2.74. The highest BCUT2D eigenvalue weighted by atomic mass is 16.6. The van der Waals surface area contributed by atoms with Crippen molar-refractivity contribution in [3.63, 3.8) is 0 Å². The lowest BCUT2D eigenvalue weighted by atomic mass is 9.96. The molecular weight excluding hydrogens is 230 g/mol. The Morgan fingerprint density at radius 1 is 1.33 bits per heavy atom. The summed E-state index contributed by atoms with van der Waals surface area (Å²) in [6, 6.07) is 0. The van der Waals surface area contributed by atoms with Crippen LogP contribution in [-0.4, -0.2) is 36.0 Å². The molecule has 1 aliphatic carbocycles. The van der Waals surface area contributed by atoms with Crippen LogP contribution < -0.4 is 0 Å². The molecule has 0 saturated carbocycles. The molecule has 0 aromatic carbocycles. The fraction of sp³-hybridized carbons (Fsp3) is 0.714. The first-order valence-corrected chi connectivity index (χ1v) is 6.46. The Hall–Kier alpha value is -1.32. The number of ether oxygens (including phenoxy) is 1. The van der Waals surface area contributed by atoms with Crippen LogP contribution in [0, 0.1) is 0 Å². The molecule has 0 aliphatic heterocycles. The Morgan fingerprint density at radius 3 is 2.50 bits per heavy atom. The highest BCUT2D eigenvalue weighted by Crippen LogP contribution is 2.18. The summed E-state index contributed by atoms with van der Waals surface area (Å²) in [7, 11) is 1.59. The molecule has 0 aromatic heterocycles. The second kappa shape index (κ2) is 6.03. The Bertz CT molecular complexity index is 353. The Kier molecular flexibility index (Phi) is 4.93. The summed E-state index contributed by atoms with van der Waals surface area (Å²) >= 11 is 0. The van der Waals surface area contributed by atoms with Gasteiger partial charge in [0.2, 0.25) is 0 Å². The first-order valence-electron chi connectivity index (χ1n) is 6.46. The number of carbonyl (C=O) groups is 2. The van der Waals surface area contributed by atoms with Crippen molar-refractivity contribution < 1.29 is 14.3 Å². The highest BCUT2D eigenvalue weighted by Gasteiger charge is 2.22. The maximum atomic E-state index is 12.0. The molecule has 4 nitrogen and oxygen atoms in total. The Morgan fingerprint density at radius 2 is 2.00 bits per heavy atom. The van der Waals surface area contributed by atoms with Gasteiger partial charge in [-0.3, -0.25) is 4.79 Å². The topological polar surface area (TPSA) is 46.6 Å². The summed E-state index contributed by atoms with van der Waals surface area (Å²) in [6.07, 6.45) is 5.56. The summed E-state index contributed by atoms with van der Waals surface area (Å²) in [5.41, 5.74) is 0.329. The zero-order chi connectivity index (χ0) is 13.8. The van der Waals surface area contributed by atoms with E-state index in [4.69, 9.17) is 4.74 Å². The van der Waals surface area contributed by atoms with Crippen LogP contribution in [0.5, 0.6) is 0 Å². The van der Waals surface area contributed by atoms with Gasteiger partial charge in [0.25, 0.3) is 0 Å². The van der Waals surface area contributed by atoms with Gasteiger partial charge in [0, 0.05) is 7.05 Å². The van der Waals surface area contributed by atoms with Crippen LogP contribution in [0.25, 0.3) is 0 Å². The van der Waals surface area contributed by atoms with E-state index in [9.17, 15) is 9.59 Å². The minimum Gasteiger partial charge on any atom is -0.444 e. The smallest absolute Gasteiger partial charge is 0.410 e. The van der Waals surface area contributed by atoms with Crippen LogP contribution in [0.4, 0.5) is 4.79 Å². The Labute approximate surface area is 109 Å². The number of hydrogen-bond donors (Lipinski definition) is 0. The van der Waals surface area contributed by atoms with E-state index in [1.807, 2.05) is 26.8 Å². The molecule has 1 aliphatic rings. The second-order valence-corrected chi connectivity index (χ2v) is 5.73. The SMILES string of the molecule is CN(CC(=O)C1=CCCCC1)C(=O)OC(C)(C)C. The van der Waals surface area contributed by atoms with E-state index in [0.29, 0.717) is 0 Å². The predicted molar refractivity (Wildman–Crippen MR) is 70.4 cm³/mol. The largest absolute Gasteiger partial charge is 0.444 e. The van der Waals surface area contributed by atoms with Crippen molar-refractivity contribution in [2.45, 2.75) is 52.1 Å². The van der Waals surface area contributed by atoms with Crippen molar-refractivity contribution in [2.75, 3.05) is 13.6 Å². The number of amides is 1. The predicted octanol–water partition coefficient (Wildman–Crippen LogP) is 2.92. The molecule has 0 atom stereocenters. The molecule has 102 valence electrons. The lowest BCUT2D eigenvalue weighted by Crippen LogP contribution is -2.37. The number of nitrogens with zero attached hydrogens (tertiary/aromatic N) is 1. The van der Waals surface area contributed by atoms with Crippen molar-refractivity contribution >= 4 is 11.9 Å². The van der Waals surface area contributed by atoms with E-state index in [1.54, 1.807) is 7.05 Å². The number of hydrogen-bond acceptors (Lipinski definition) is 3. The molecule has 0 radical (unpaired) electrons. The number of ketones is 1. The van der Waals surface area contributed by atoms with Gasteiger partial charge in [0.05, 0.1) is 6.54 Å². The molecule has 1 rings (SSSR count).